The van der Waals surface area contributed by atoms with E-state index in [4.69, 9.17) is 5.11 Å². The van der Waals surface area contributed by atoms with Gasteiger partial charge in [0.05, 0.1) is 23.5 Å². The van der Waals surface area contributed by atoms with Crippen LogP contribution < -0.4 is 5.56 Å². The van der Waals surface area contributed by atoms with Crippen LogP contribution in [0.25, 0.3) is 5.69 Å². The molecule has 1 heterocycles. The normalized spacial score (nSPS) is 12.3. The van der Waals surface area contributed by atoms with Gasteiger partial charge in [0, 0.05) is 0 Å². The first-order chi connectivity index (χ1) is 11.5. The SMILES string of the molecule is C/C=C\C=C(/C)N=Nc1c(CC(=O)O)[nH]n(-c2ccccc2)c1=O. The van der Waals surface area contributed by atoms with Gasteiger partial charge in [-0.05, 0) is 32.1 Å². The third-order valence-electron chi connectivity index (χ3n) is 3.12. The number of aliphatic carboxylic acids is 1. The molecule has 1 aromatic carbocycles. The Balaban J connectivity index is 2.49. The van der Waals surface area contributed by atoms with Crippen molar-refractivity contribution in [2.45, 2.75) is 20.3 Å². The summed E-state index contributed by atoms with van der Waals surface area (Å²) in [5.74, 6) is -1.06. The maximum Gasteiger partial charge on any atom is 0.309 e. The van der Waals surface area contributed by atoms with Crippen LogP contribution in [0.15, 0.2) is 69.3 Å². The molecular weight excluding hydrogens is 308 g/mol. The number of aromatic nitrogens is 2. The van der Waals surface area contributed by atoms with Crippen LogP contribution in [0.3, 0.4) is 0 Å². The number of aromatic amines is 1. The first kappa shape index (κ1) is 17.1. The minimum absolute atomic E-state index is 0.00511. The van der Waals surface area contributed by atoms with Gasteiger partial charge in [-0.3, -0.25) is 14.7 Å². The summed E-state index contributed by atoms with van der Waals surface area (Å²) in [5, 5.41) is 19.8. The number of carbonyl (C=O) groups is 1. The summed E-state index contributed by atoms with van der Waals surface area (Å²) in [5.41, 5.74) is 0.950. The topological polar surface area (TPSA) is 99.8 Å². The molecule has 0 fully saturated rings. The third-order valence-corrected chi connectivity index (χ3v) is 3.12. The molecular formula is C17H18N4O3. The predicted octanol–water partition coefficient (Wildman–Crippen LogP) is 3.36. The monoisotopic (exact) mass is 326 g/mol. The van der Waals surface area contributed by atoms with Gasteiger partial charge in [0.2, 0.25) is 0 Å². The zero-order chi connectivity index (χ0) is 17.5. The third kappa shape index (κ3) is 4.16. The average molecular weight is 326 g/mol. The van der Waals surface area contributed by atoms with Crippen LogP contribution in [-0.2, 0) is 11.2 Å². The highest BCUT2D eigenvalue weighted by Gasteiger charge is 2.17. The molecule has 0 spiro atoms. The van der Waals surface area contributed by atoms with E-state index in [0.29, 0.717) is 11.4 Å². The van der Waals surface area contributed by atoms with Crippen LogP contribution in [0.4, 0.5) is 5.69 Å². The standard InChI is InChI=1S/C17H18N4O3/c1-3-4-8-12(2)18-19-16-14(11-15(22)23)20-21(17(16)24)13-9-6-5-7-10-13/h3-10,20H,11H2,1-2H3,(H,22,23)/b4-3-,12-8+,19-18?. The Labute approximate surface area is 138 Å². The van der Waals surface area contributed by atoms with Crippen molar-refractivity contribution < 1.29 is 9.90 Å². The maximum atomic E-state index is 12.5. The van der Waals surface area contributed by atoms with E-state index < -0.39 is 11.5 Å². The van der Waals surface area contributed by atoms with Crippen molar-refractivity contribution in [1.29, 1.82) is 0 Å². The first-order valence-corrected chi connectivity index (χ1v) is 7.35. The van der Waals surface area contributed by atoms with E-state index in [2.05, 4.69) is 15.3 Å². The molecule has 0 bridgehead atoms. The molecule has 0 amide bonds. The molecule has 2 aromatic rings. The van der Waals surface area contributed by atoms with Crippen LogP contribution >= 0.6 is 0 Å². The van der Waals surface area contributed by atoms with Gasteiger partial charge in [0.1, 0.15) is 0 Å². The predicted molar refractivity (Wildman–Crippen MR) is 90.8 cm³/mol. The Morgan fingerprint density at radius 2 is 2.04 bits per heavy atom. The number of nitrogens with zero attached hydrogens (tertiary/aromatic N) is 3. The summed E-state index contributed by atoms with van der Waals surface area (Å²) >= 11 is 0. The molecule has 24 heavy (non-hydrogen) atoms. The second-order valence-electron chi connectivity index (χ2n) is 5.02. The van der Waals surface area contributed by atoms with Crippen LogP contribution in [0, 0.1) is 0 Å². The number of nitrogens with one attached hydrogen (secondary N) is 1. The van der Waals surface area contributed by atoms with E-state index in [1.165, 1.54) is 4.68 Å². The molecule has 0 aliphatic rings. The quantitative estimate of drug-likeness (QED) is 0.629. The van der Waals surface area contributed by atoms with Crippen molar-refractivity contribution in [3.05, 3.63) is 70.3 Å². The number of para-hydroxylation sites is 1. The number of hydrogen-bond donors (Lipinski definition) is 2. The lowest BCUT2D eigenvalue weighted by atomic mass is 10.3. The molecule has 0 saturated heterocycles. The molecule has 0 unspecified atom stereocenters. The van der Waals surface area contributed by atoms with Crippen molar-refractivity contribution in [3.63, 3.8) is 0 Å². The van der Waals surface area contributed by atoms with Crippen LogP contribution in [-0.4, -0.2) is 20.9 Å². The number of H-pyrrole nitrogens is 1. The Bertz CT molecular complexity index is 858. The molecule has 0 saturated carbocycles. The molecule has 7 heteroatoms. The molecule has 2 rings (SSSR count). The summed E-state index contributed by atoms with van der Waals surface area (Å²) in [6, 6.07) is 8.86. The van der Waals surface area contributed by atoms with E-state index in [1.807, 2.05) is 19.1 Å². The highest BCUT2D eigenvalue weighted by molar-refractivity contribution is 5.71. The van der Waals surface area contributed by atoms with Crippen molar-refractivity contribution in [2.24, 2.45) is 10.2 Å². The fourth-order valence-corrected chi connectivity index (χ4v) is 2.01. The Morgan fingerprint density at radius 1 is 1.33 bits per heavy atom. The van der Waals surface area contributed by atoms with E-state index in [1.54, 1.807) is 43.3 Å². The van der Waals surface area contributed by atoms with Gasteiger partial charge in [0.25, 0.3) is 5.56 Å². The number of rotatable bonds is 6. The largest absolute Gasteiger partial charge is 0.481 e. The van der Waals surface area contributed by atoms with Gasteiger partial charge in [-0.1, -0.05) is 30.4 Å². The fraction of sp³-hybridized carbons (Fsp3) is 0.176. The summed E-state index contributed by atoms with van der Waals surface area (Å²) in [7, 11) is 0. The molecule has 7 nitrogen and oxygen atoms in total. The lowest BCUT2D eigenvalue weighted by Crippen LogP contribution is -2.13. The zero-order valence-corrected chi connectivity index (χ0v) is 13.4. The highest BCUT2D eigenvalue weighted by Crippen LogP contribution is 2.17. The van der Waals surface area contributed by atoms with Gasteiger partial charge >= 0.3 is 5.97 Å². The van der Waals surface area contributed by atoms with Crippen molar-refractivity contribution >= 4 is 11.7 Å². The summed E-state index contributed by atoms with van der Waals surface area (Å²) in [6.45, 7) is 3.61. The molecule has 0 atom stereocenters. The Kier molecular flexibility index (Phi) is 5.62. The van der Waals surface area contributed by atoms with Crippen LogP contribution in [0.5, 0.6) is 0 Å². The smallest absolute Gasteiger partial charge is 0.309 e. The molecule has 0 aliphatic heterocycles. The number of allylic oxidation sites excluding steroid dienone is 4. The summed E-state index contributed by atoms with van der Waals surface area (Å²) in [6.07, 6.45) is 5.03. The van der Waals surface area contributed by atoms with E-state index in [0.717, 1.165) is 0 Å². The number of hydrogen-bond acceptors (Lipinski definition) is 4. The number of benzene rings is 1. The fourth-order valence-electron chi connectivity index (χ4n) is 2.01. The molecule has 2 N–H and O–H groups in total. The summed E-state index contributed by atoms with van der Waals surface area (Å²) in [4.78, 5) is 23.6. The Hall–Kier alpha value is -3.22. The molecule has 1 aromatic heterocycles. The minimum atomic E-state index is -1.06. The highest BCUT2D eigenvalue weighted by atomic mass is 16.4. The van der Waals surface area contributed by atoms with Gasteiger partial charge in [-0.15, -0.1) is 5.11 Å². The van der Waals surface area contributed by atoms with Crippen molar-refractivity contribution in [2.75, 3.05) is 0 Å². The lowest BCUT2D eigenvalue weighted by Gasteiger charge is -1.99. The second-order valence-corrected chi connectivity index (χ2v) is 5.02. The summed E-state index contributed by atoms with van der Waals surface area (Å²) < 4.78 is 1.26. The van der Waals surface area contributed by atoms with Gasteiger partial charge in [-0.2, -0.15) is 5.11 Å². The lowest BCUT2D eigenvalue weighted by molar-refractivity contribution is -0.136. The van der Waals surface area contributed by atoms with E-state index >= 15 is 0 Å². The molecule has 124 valence electrons. The van der Waals surface area contributed by atoms with Crippen LogP contribution in [0.1, 0.15) is 19.5 Å². The van der Waals surface area contributed by atoms with Gasteiger partial charge < -0.3 is 5.11 Å². The molecule has 0 radical (unpaired) electrons. The first-order valence-electron chi connectivity index (χ1n) is 7.35. The minimum Gasteiger partial charge on any atom is -0.481 e. The van der Waals surface area contributed by atoms with Crippen molar-refractivity contribution in [3.8, 4) is 5.69 Å². The zero-order valence-electron chi connectivity index (χ0n) is 13.4. The maximum absolute atomic E-state index is 12.5. The van der Waals surface area contributed by atoms with E-state index in [9.17, 15) is 9.59 Å². The van der Waals surface area contributed by atoms with Gasteiger partial charge in [-0.25, -0.2) is 4.68 Å². The molecule has 0 aliphatic carbocycles. The van der Waals surface area contributed by atoms with Crippen LogP contribution in [0.2, 0.25) is 0 Å². The van der Waals surface area contributed by atoms with Crippen molar-refractivity contribution in [1.82, 2.24) is 9.78 Å². The number of azo groups is 1. The second kappa shape index (κ2) is 7.87. The average Bonchev–Trinajstić information content (AvgIpc) is 2.87. The number of carboxylic acids is 1. The number of carboxylic acid groups (broad SMARTS) is 1. The van der Waals surface area contributed by atoms with E-state index in [-0.39, 0.29) is 17.8 Å². The van der Waals surface area contributed by atoms with Gasteiger partial charge in [0.15, 0.2) is 5.69 Å². The Morgan fingerprint density at radius 3 is 2.67 bits per heavy atom.